The molecule has 1 aliphatic rings. The Morgan fingerprint density at radius 2 is 2.33 bits per heavy atom. The van der Waals surface area contributed by atoms with Crippen LogP contribution in [0.2, 0.25) is 0 Å². The smallest absolute Gasteiger partial charge is 0.254 e. The Balaban J connectivity index is 2.36. The third-order valence-corrected chi connectivity index (χ3v) is 3.08. The predicted octanol–water partition coefficient (Wildman–Crippen LogP) is 2.63. The van der Waals surface area contributed by atoms with Gasteiger partial charge < -0.3 is 4.90 Å². The molecule has 0 spiro atoms. The summed E-state index contributed by atoms with van der Waals surface area (Å²) in [6, 6.07) is 5.89. The van der Waals surface area contributed by atoms with Crippen LogP contribution in [-0.2, 0) is 6.42 Å². The highest BCUT2D eigenvalue weighted by molar-refractivity contribution is 9.10. The van der Waals surface area contributed by atoms with Crippen molar-refractivity contribution in [1.29, 1.82) is 0 Å². The van der Waals surface area contributed by atoms with E-state index in [-0.39, 0.29) is 5.91 Å². The highest BCUT2D eigenvalue weighted by Crippen LogP contribution is 2.22. The number of fused-ring (bicyclic) bond motifs is 1. The molecular formula is C12H12BrNO. The van der Waals surface area contributed by atoms with E-state index in [1.165, 1.54) is 0 Å². The van der Waals surface area contributed by atoms with Gasteiger partial charge in [0.25, 0.3) is 5.91 Å². The van der Waals surface area contributed by atoms with Crippen molar-refractivity contribution in [1.82, 2.24) is 4.90 Å². The number of hydrogen-bond acceptors (Lipinski definition) is 1. The number of benzene rings is 1. The maximum atomic E-state index is 12.0. The van der Waals surface area contributed by atoms with Gasteiger partial charge in [-0.15, -0.1) is 6.58 Å². The normalized spacial score (nSPS) is 15.0. The second-order valence-electron chi connectivity index (χ2n) is 3.59. The van der Waals surface area contributed by atoms with Crippen LogP contribution in [0.1, 0.15) is 15.9 Å². The SMILES string of the molecule is C=CCN1CCc2ccc(Br)cc2C1=O. The number of carbonyl (C=O) groups is 1. The van der Waals surface area contributed by atoms with Crippen molar-refractivity contribution >= 4 is 21.8 Å². The lowest BCUT2D eigenvalue weighted by Gasteiger charge is -2.27. The molecule has 78 valence electrons. The van der Waals surface area contributed by atoms with Gasteiger partial charge in [-0.3, -0.25) is 4.79 Å². The quantitative estimate of drug-likeness (QED) is 0.753. The van der Waals surface area contributed by atoms with Crippen LogP contribution in [-0.4, -0.2) is 23.9 Å². The van der Waals surface area contributed by atoms with Gasteiger partial charge in [0, 0.05) is 23.1 Å². The Morgan fingerprint density at radius 1 is 1.53 bits per heavy atom. The molecule has 2 rings (SSSR count). The molecule has 0 N–H and O–H groups in total. The Labute approximate surface area is 97.7 Å². The van der Waals surface area contributed by atoms with Gasteiger partial charge in [0.2, 0.25) is 0 Å². The number of carbonyl (C=O) groups excluding carboxylic acids is 1. The van der Waals surface area contributed by atoms with Gasteiger partial charge >= 0.3 is 0 Å². The molecule has 1 amide bonds. The van der Waals surface area contributed by atoms with E-state index in [9.17, 15) is 4.79 Å². The number of amides is 1. The second-order valence-corrected chi connectivity index (χ2v) is 4.51. The van der Waals surface area contributed by atoms with Gasteiger partial charge in [0.15, 0.2) is 0 Å². The lowest BCUT2D eigenvalue weighted by molar-refractivity contribution is 0.0759. The summed E-state index contributed by atoms with van der Waals surface area (Å²) in [5.74, 6) is 0.109. The van der Waals surface area contributed by atoms with E-state index in [1.54, 1.807) is 6.08 Å². The number of hydrogen-bond donors (Lipinski definition) is 0. The van der Waals surface area contributed by atoms with Gasteiger partial charge in [-0.05, 0) is 24.1 Å². The summed E-state index contributed by atoms with van der Waals surface area (Å²) in [7, 11) is 0. The van der Waals surface area contributed by atoms with Gasteiger partial charge in [-0.1, -0.05) is 28.1 Å². The van der Waals surface area contributed by atoms with Crippen molar-refractivity contribution in [3.63, 3.8) is 0 Å². The molecule has 1 aliphatic heterocycles. The average molecular weight is 266 g/mol. The van der Waals surface area contributed by atoms with Crippen molar-refractivity contribution in [2.75, 3.05) is 13.1 Å². The lowest BCUT2D eigenvalue weighted by Crippen LogP contribution is -2.37. The molecule has 0 saturated heterocycles. The van der Waals surface area contributed by atoms with Crippen molar-refractivity contribution < 1.29 is 4.79 Å². The van der Waals surface area contributed by atoms with Crippen LogP contribution in [0, 0.1) is 0 Å². The summed E-state index contributed by atoms with van der Waals surface area (Å²) in [5, 5.41) is 0. The molecule has 2 nitrogen and oxygen atoms in total. The Kier molecular flexibility index (Phi) is 2.91. The van der Waals surface area contributed by atoms with Crippen LogP contribution in [0.5, 0.6) is 0 Å². The molecule has 0 saturated carbocycles. The highest BCUT2D eigenvalue weighted by Gasteiger charge is 2.23. The van der Waals surface area contributed by atoms with E-state index in [2.05, 4.69) is 22.5 Å². The average Bonchev–Trinajstić information content (AvgIpc) is 2.23. The van der Waals surface area contributed by atoms with Gasteiger partial charge in [-0.2, -0.15) is 0 Å². The Bertz CT molecular complexity index is 414. The number of nitrogens with zero attached hydrogens (tertiary/aromatic N) is 1. The summed E-state index contributed by atoms with van der Waals surface area (Å²) in [6.07, 6.45) is 2.70. The van der Waals surface area contributed by atoms with E-state index in [0.29, 0.717) is 6.54 Å². The zero-order chi connectivity index (χ0) is 10.8. The summed E-state index contributed by atoms with van der Waals surface area (Å²) in [6.45, 7) is 5.08. The zero-order valence-electron chi connectivity index (χ0n) is 8.37. The largest absolute Gasteiger partial charge is 0.335 e. The van der Waals surface area contributed by atoms with Crippen LogP contribution >= 0.6 is 15.9 Å². The van der Waals surface area contributed by atoms with E-state index in [0.717, 1.165) is 28.6 Å². The second kappa shape index (κ2) is 4.19. The fraction of sp³-hybridized carbons (Fsp3) is 0.250. The first-order chi connectivity index (χ1) is 7.22. The van der Waals surface area contributed by atoms with Crippen molar-refractivity contribution in [3.05, 3.63) is 46.5 Å². The summed E-state index contributed by atoms with van der Waals surface area (Å²) >= 11 is 3.39. The summed E-state index contributed by atoms with van der Waals surface area (Å²) in [4.78, 5) is 13.8. The van der Waals surface area contributed by atoms with E-state index in [1.807, 2.05) is 23.1 Å². The topological polar surface area (TPSA) is 20.3 Å². The monoisotopic (exact) mass is 265 g/mol. The lowest BCUT2D eigenvalue weighted by atomic mass is 9.99. The molecule has 0 fully saturated rings. The Morgan fingerprint density at radius 3 is 3.07 bits per heavy atom. The molecule has 0 atom stereocenters. The van der Waals surface area contributed by atoms with E-state index in [4.69, 9.17) is 0 Å². The molecule has 1 aromatic rings. The van der Waals surface area contributed by atoms with Crippen LogP contribution in [0.4, 0.5) is 0 Å². The minimum Gasteiger partial charge on any atom is -0.335 e. The maximum Gasteiger partial charge on any atom is 0.254 e. The predicted molar refractivity (Wildman–Crippen MR) is 63.9 cm³/mol. The van der Waals surface area contributed by atoms with Crippen LogP contribution in [0.25, 0.3) is 0 Å². The minimum absolute atomic E-state index is 0.109. The molecule has 0 aliphatic carbocycles. The minimum atomic E-state index is 0.109. The summed E-state index contributed by atoms with van der Waals surface area (Å²) < 4.78 is 0.954. The van der Waals surface area contributed by atoms with Crippen LogP contribution < -0.4 is 0 Å². The van der Waals surface area contributed by atoms with Crippen LogP contribution in [0.15, 0.2) is 35.3 Å². The molecule has 0 bridgehead atoms. The standard InChI is InChI=1S/C12H12BrNO/c1-2-6-14-7-5-9-3-4-10(13)8-11(9)12(14)15/h2-4,8H,1,5-7H2. The first kappa shape index (κ1) is 10.4. The number of rotatable bonds is 2. The van der Waals surface area contributed by atoms with E-state index < -0.39 is 0 Å². The molecule has 3 heteroatoms. The first-order valence-electron chi connectivity index (χ1n) is 4.91. The highest BCUT2D eigenvalue weighted by atomic mass is 79.9. The molecular weight excluding hydrogens is 254 g/mol. The zero-order valence-corrected chi connectivity index (χ0v) is 9.96. The van der Waals surface area contributed by atoms with Gasteiger partial charge in [0.1, 0.15) is 0 Å². The fourth-order valence-electron chi connectivity index (χ4n) is 1.82. The molecule has 1 aromatic carbocycles. The van der Waals surface area contributed by atoms with Crippen LogP contribution in [0.3, 0.4) is 0 Å². The summed E-state index contributed by atoms with van der Waals surface area (Å²) in [5.41, 5.74) is 1.96. The van der Waals surface area contributed by atoms with Gasteiger partial charge in [-0.25, -0.2) is 0 Å². The van der Waals surface area contributed by atoms with Crippen molar-refractivity contribution in [2.45, 2.75) is 6.42 Å². The number of halogens is 1. The third-order valence-electron chi connectivity index (χ3n) is 2.59. The first-order valence-corrected chi connectivity index (χ1v) is 5.70. The molecule has 0 unspecified atom stereocenters. The van der Waals surface area contributed by atoms with E-state index >= 15 is 0 Å². The maximum absolute atomic E-state index is 12.0. The molecule has 0 radical (unpaired) electrons. The fourth-order valence-corrected chi connectivity index (χ4v) is 2.18. The third kappa shape index (κ3) is 1.97. The van der Waals surface area contributed by atoms with Crippen molar-refractivity contribution in [2.24, 2.45) is 0 Å². The Hall–Kier alpha value is -1.09. The molecule has 0 aromatic heterocycles. The molecule has 1 heterocycles. The molecule has 15 heavy (non-hydrogen) atoms. The van der Waals surface area contributed by atoms with Crippen molar-refractivity contribution in [3.8, 4) is 0 Å². The van der Waals surface area contributed by atoms with Gasteiger partial charge in [0.05, 0.1) is 0 Å².